The third-order valence-electron chi connectivity index (χ3n) is 2.48. The van der Waals surface area contributed by atoms with Crippen molar-refractivity contribution in [3.8, 4) is 5.75 Å². The van der Waals surface area contributed by atoms with Gasteiger partial charge in [0.2, 0.25) is 0 Å². The Morgan fingerprint density at radius 3 is 2.62 bits per heavy atom. The van der Waals surface area contributed by atoms with Crippen molar-refractivity contribution in [1.29, 1.82) is 0 Å². The van der Waals surface area contributed by atoms with Gasteiger partial charge in [0.1, 0.15) is 5.75 Å². The topological polar surface area (TPSA) is 73.3 Å². The van der Waals surface area contributed by atoms with Gasteiger partial charge in [-0.3, -0.25) is 0 Å². The minimum absolute atomic E-state index is 0.0366. The van der Waals surface area contributed by atoms with Crippen LogP contribution in [0.1, 0.15) is 11.1 Å². The van der Waals surface area contributed by atoms with Gasteiger partial charge in [0.05, 0.1) is 12.8 Å². The number of aryl methyl sites for hydroxylation is 2. The highest BCUT2D eigenvalue weighted by Crippen LogP contribution is 2.29. The minimum Gasteiger partial charge on any atom is -0.494 e. The van der Waals surface area contributed by atoms with E-state index < -0.39 is 0 Å². The van der Waals surface area contributed by atoms with E-state index in [9.17, 15) is 0 Å². The van der Waals surface area contributed by atoms with E-state index in [1.807, 2.05) is 6.92 Å². The molecule has 1 aromatic rings. The number of benzene rings is 1. The van der Waals surface area contributed by atoms with Crippen LogP contribution in [0, 0.1) is 13.8 Å². The molecule has 0 aliphatic carbocycles. The molecule has 0 heterocycles. The molecule has 0 aliphatic rings. The second-order valence-corrected chi connectivity index (χ2v) is 4.04. The van der Waals surface area contributed by atoms with Crippen molar-refractivity contribution in [3.63, 3.8) is 0 Å². The van der Waals surface area contributed by atoms with E-state index >= 15 is 0 Å². The molecule has 0 bridgehead atoms. The number of nitrogens with two attached hydrogens (primary N) is 2. The van der Waals surface area contributed by atoms with Crippen molar-refractivity contribution in [2.75, 3.05) is 25.5 Å². The molecule has 0 radical (unpaired) electrons. The summed E-state index contributed by atoms with van der Waals surface area (Å²) in [6, 6.07) is 4.10. The van der Waals surface area contributed by atoms with Crippen molar-refractivity contribution in [2.45, 2.75) is 19.9 Å². The van der Waals surface area contributed by atoms with E-state index in [-0.39, 0.29) is 6.04 Å². The summed E-state index contributed by atoms with van der Waals surface area (Å²) in [7, 11) is 1.67. The van der Waals surface area contributed by atoms with Crippen molar-refractivity contribution in [3.05, 3.63) is 23.3 Å². The second-order valence-electron chi connectivity index (χ2n) is 4.04. The van der Waals surface area contributed by atoms with E-state index in [0.29, 0.717) is 13.1 Å². The number of nitrogens with one attached hydrogen (secondary N) is 1. The van der Waals surface area contributed by atoms with Crippen molar-refractivity contribution in [2.24, 2.45) is 11.5 Å². The highest BCUT2D eigenvalue weighted by Gasteiger charge is 2.08. The van der Waals surface area contributed by atoms with Crippen molar-refractivity contribution < 1.29 is 4.74 Å². The Labute approximate surface area is 97.0 Å². The van der Waals surface area contributed by atoms with Crippen LogP contribution in [0.15, 0.2) is 12.1 Å². The van der Waals surface area contributed by atoms with Gasteiger partial charge in [-0.25, -0.2) is 0 Å². The summed E-state index contributed by atoms with van der Waals surface area (Å²) in [5.41, 5.74) is 14.5. The standard InChI is InChI=1S/C12H21N3O/c1-8-4-9(2)12(16-3)11(5-8)15-7-10(14)6-13/h4-5,10,15H,6-7,13-14H2,1-3H3. The van der Waals surface area contributed by atoms with Crippen LogP contribution in [-0.4, -0.2) is 26.2 Å². The van der Waals surface area contributed by atoms with E-state index in [4.69, 9.17) is 16.2 Å². The molecule has 1 rings (SSSR count). The lowest BCUT2D eigenvalue weighted by molar-refractivity contribution is 0.413. The second kappa shape index (κ2) is 5.72. The van der Waals surface area contributed by atoms with E-state index in [1.54, 1.807) is 7.11 Å². The molecule has 0 fully saturated rings. The molecule has 0 aliphatic heterocycles. The molecule has 0 amide bonds. The Balaban J connectivity index is 2.85. The molecule has 4 nitrogen and oxygen atoms in total. The Kier molecular flexibility index (Phi) is 4.58. The molecule has 0 saturated heterocycles. The van der Waals surface area contributed by atoms with Gasteiger partial charge >= 0.3 is 0 Å². The highest BCUT2D eigenvalue weighted by molar-refractivity contribution is 5.61. The third-order valence-corrected chi connectivity index (χ3v) is 2.48. The van der Waals surface area contributed by atoms with Gasteiger partial charge in [-0.05, 0) is 31.0 Å². The van der Waals surface area contributed by atoms with Gasteiger partial charge in [0.15, 0.2) is 0 Å². The highest BCUT2D eigenvalue weighted by atomic mass is 16.5. The van der Waals surface area contributed by atoms with Crippen molar-refractivity contribution in [1.82, 2.24) is 0 Å². The monoisotopic (exact) mass is 223 g/mol. The lowest BCUT2D eigenvalue weighted by Crippen LogP contribution is -2.36. The van der Waals surface area contributed by atoms with E-state index in [2.05, 4.69) is 24.4 Å². The largest absolute Gasteiger partial charge is 0.494 e. The first-order chi connectivity index (χ1) is 7.58. The number of ether oxygens (including phenoxy) is 1. The predicted octanol–water partition coefficient (Wildman–Crippen LogP) is 1.01. The molecule has 0 spiro atoms. The molecule has 0 saturated carbocycles. The Morgan fingerprint density at radius 1 is 1.38 bits per heavy atom. The fourth-order valence-electron chi connectivity index (χ4n) is 1.68. The fraction of sp³-hybridized carbons (Fsp3) is 0.500. The van der Waals surface area contributed by atoms with Crippen LogP contribution in [0.4, 0.5) is 5.69 Å². The summed E-state index contributed by atoms with van der Waals surface area (Å²) >= 11 is 0. The van der Waals surface area contributed by atoms with Gasteiger partial charge in [-0.1, -0.05) is 6.07 Å². The van der Waals surface area contributed by atoms with Crippen LogP contribution in [0.25, 0.3) is 0 Å². The van der Waals surface area contributed by atoms with Crippen LogP contribution in [0.5, 0.6) is 5.75 Å². The third kappa shape index (κ3) is 3.12. The normalized spacial score (nSPS) is 12.3. The molecule has 16 heavy (non-hydrogen) atoms. The SMILES string of the molecule is COc1c(C)cc(C)cc1NCC(N)CN. The summed E-state index contributed by atoms with van der Waals surface area (Å²) in [6.07, 6.45) is 0. The molecule has 1 aromatic carbocycles. The van der Waals surface area contributed by atoms with Crippen LogP contribution in [0.3, 0.4) is 0 Å². The first-order valence-corrected chi connectivity index (χ1v) is 5.43. The fourth-order valence-corrected chi connectivity index (χ4v) is 1.68. The maximum atomic E-state index is 5.76. The van der Waals surface area contributed by atoms with Gasteiger partial charge in [0.25, 0.3) is 0 Å². The number of anilines is 1. The summed E-state index contributed by atoms with van der Waals surface area (Å²) in [6.45, 7) is 5.20. The van der Waals surface area contributed by atoms with Gasteiger partial charge in [0, 0.05) is 19.1 Å². The zero-order chi connectivity index (χ0) is 12.1. The first-order valence-electron chi connectivity index (χ1n) is 5.43. The molecule has 1 atom stereocenters. The minimum atomic E-state index is -0.0366. The lowest BCUT2D eigenvalue weighted by Gasteiger charge is -2.16. The quantitative estimate of drug-likeness (QED) is 0.696. The van der Waals surface area contributed by atoms with Gasteiger partial charge < -0.3 is 21.5 Å². The molecular formula is C12H21N3O. The predicted molar refractivity (Wildman–Crippen MR) is 68.0 cm³/mol. The van der Waals surface area contributed by atoms with Crippen molar-refractivity contribution >= 4 is 5.69 Å². The Hall–Kier alpha value is -1.26. The maximum absolute atomic E-state index is 5.76. The Bertz CT molecular complexity index is 352. The molecule has 0 aromatic heterocycles. The molecule has 5 N–H and O–H groups in total. The number of hydrogen-bond donors (Lipinski definition) is 3. The van der Waals surface area contributed by atoms with E-state index in [0.717, 1.165) is 17.0 Å². The van der Waals surface area contributed by atoms with Crippen LogP contribution in [-0.2, 0) is 0 Å². The summed E-state index contributed by atoms with van der Waals surface area (Å²) in [5.74, 6) is 0.870. The number of methoxy groups -OCH3 is 1. The van der Waals surface area contributed by atoms with Crippen LogP contribution >= 0.6 is 0 Å². The summed E-state index contributed by atoms with van der Waals surface area (Å²) < 4.78 is 5.36. The average Bonchev–Trinajstić information content (AvgIpc) is 2.25. The molecule has 4 heteroatoms. The molecule has 1 unspecified atom stereocenters. The lowest BCUT2D eigenvalue weighted by atomic mass is 10.1. The molecular weight excluding hydrogens is 202 g/mol. The summed E-state index contributed by atoms with van der Waals surface area (Å²) in [4.78, 5) is 0. The summed E-state index contributed by atoms with van der Waals surface area (Å²) in [5, 5.41) is 3.27. The van der Waals surface area contributed by atoms with Crippen LogP contribution in [0.2, 0.25) is 0 Å². The van der Waals surface area contributed by atoms with Crippen LogP contribution < -0.4 is 21.5 Å². The zero-order valence-corrected chi connectivity index (χ0v) is 10.2. The number of rotatable bonds is 5. The average molecular weight is 223 g/mol. The molecule has 90 valence electrons. The van der Waals surface area contributed by atoms with Gasteiger partial charge in [-0.15, -0.1) is 0 Å². The Morgan fingerprint density at radius 2 is 2.06 bits per heavy atom. The maximum Gasteiger partial charge on any atom is 0.144 e. The zero-order valence-electron chi connectivity index (χ0n) is 10.2. The smallest absolute Gasteiger partial charge is 0.144 e. The van der Waals surface area contributed by atoms with Gasteiger partial charge in [-0.2, -0.15) is 0 Å². The first kappa shape index (κ1) is 12.8. The van der Waals surface area contributed by atoms with E-state index in [1.165, 1.54) is 5.56 Å². The number of hydrogen-bond acceptors (Lipinski definition) is 4.